The third-order valence-electron chi connectivity index (χ3n) is 5.97. The summed E-state index contributed by atoms with van der Waals surface area (Å²) >= 11 is 6.60. The highest BCUT2D eigenvalue weighted by Crippen LogP contribution is 2.40. The van der Waals surface area contributed by atoms with Crippen molar-refractivity contribution in [2.24, 2.45) is 9.98 Å². The summed E-state index contributed by atoms with van der Waals surface area (Å²) in [6, 6.07) is 8.05. The van der Waals surface area contributed by atoms with E-state index in [4.69, 9.17) is 17.0 Å². The highest BCUT2D eigenvalue weighted by molar-refractivity contribution is 6.33. The Labute approximate surface area is 186 Å². The van der Waals surface area contributed by atoms with Gasteiger partial charge in [-0.1, -0.05) is 35.9 Å². The highest BCUT2D eigenvalue weighted by Gasteiger charge is 2.45. The van der Waals surface area contributed by atoms with Crippen LogP contribution in [0, 0.1) is 5.41 Å². The molecule has 1 unspecified atom stereocenters. The summed E-state index contributed by atoms with van der Waals surface area (Å²) in [5, 5.41) is 11.0. The third kappa shape index (κ3) is 3.97. The summed E-state index contributed by atoms with van der Waals surface area (Å²) < 4.78 is 0. The lowest BCUT2D eigenvalue weighted by molar-refractivity contribution is -0.124. The lowest BCUT2D eigenvalue weighted by Crippen LogP contribution is -2.49. The lowest BCUT2D eigenvalue weighted by Gasteiger charge is -2.38. The fourth-order valence-electron chi connectivity index (χ4n) is 4.35. The van der Waals surface area contributed by atoms with Crippen molar-refractivity contribution in [3.63, 3.8) is 0 Å². The minimum Gasteiger partial charge on any atom is -0.370 e. The second-order valence-electron chi connectivity index (χ2n) is 7.91. The van der Waals surface area contributed by atoms with Gasteiger partial charge in [0.2, 0.25) is 0 Å². The Kier molecular flexibility index (Phi) is 5.87. The second kappa shape index (κ2) is 8.59. The predicted molar refractivity (Wildman–Crippen MR) is 126 cm³/mol. The number of hydrogen-bond acceptors (Lipinski definition) is 6. The molecule has 0 radical (unpaired) electrons. The van der Waals surface area contributed by atoms with E-state index in [-0.39, 0.29) is 11.8 Å². The topological polar surface area (TPSA) is 93.8 Å². The van der Waals surface area contributed by atoms with E-state index >= 15 is 0 Å². The number of anilines is 1. The molecule has 2 N–H and O–H groups in total. The van der Waals surface area contributed by atoms with E-state index in [0.717, 1.165) is 22.4 Å². The molecule has 1 saturated heterocycles. The monoisotopic (exact) mass is 436 g/mol. The Hall–Kier alpha value is -3.06. The number of nitrogens with one attached hydrogen (secondary N) is 2. The first-order valence-corrected chi connectivity index (χ1v) is 10.6. The van der Waals surface area contributed by atoms with Gasteiger partial charge in [-0.05, 0) is 30.9 Å². The molecule has 1 amide bonds. The maximum absolute atomic E-state index is 12.4. The van der Waals surface area contributed by atoms with Gasteiger partial charge in [0.1, 0.15) is 11.4 Å². The minimum atomic E-state index is -0.648. The van der Waals surface area contributed by atoms with Gasteiger partial charge >= 0.3 is 0 Å². The zero-order chi connectivity index (χ0) is 22.0. The fraction of sp³-hybridized carbons (Fsp3) is 0.348. The van der Waals surface area contributed by atoms with E-state index in [2.05, 4.69) is 25.2 Å². The standard InChI is InChI=1S/C23H25ClN6O/c1-15-28-22(31)23(29-15)7-9-30(10-8-23)21-19(13-27-14-20(21)24)17-5-3-16(4-6-17)18(11-25)12-26-2/h3-6,11-14,18,25H,7-10H2,1-2H3,(H,28,29,31). The zero-order valence-corrected chi connectivity index (χ0v) is 18.4. The first-order valence-electron chi connectivity index (χ1n) is 10.3. The molecule has 31 heavy (non-hydrogen) atoms. The average Bonchev–Trinajstić information content (AvgIpc) is 3.05. The molecule has 0 aliphatic carbocycles. The Morgan fingerprint density at radius 3 is 2.55 bits per heavy atom. The van der Waals surface area contributed by atoms with Crippen molar-refractivity contribution >= 4 is 41.5 Å². The molecule has 0 bridgehead atoms. The van der Waals surface area contributed by atoms with Crippen LogP contribution >= 0.6 is 11.6 Å². The summed E-state index contributed by atoms with van der Waals surface area (Å²) in [7, 11) is 1.71. The van der Waals surface area contributed by atoms with Crippen LogP contribution in [0.5, 0.6) is 0 Å². The van der Waals surface area contributed by atoms with Crippen LogP contribution in [0.4, 0.5) is 5.69 Å². The van der Waals surface area contributed by atoms with Crippen molar-refractivity contribution < 1.29 is 4.79 Å². The van der Waals surface area contributed by atoms with Crippen molar-refractivity contribution in [3.05, 3.63) is 47.2 Å². The number of benzene rings is 1. The summed E-state index contributed by atoms with van der Waals surface area (Å²) in [6.07, 6.45) is 7.90. The smallest absolute Gasteiger partial charge is 0.253 e. The van der Waals surface area contributed by atoms with Crippen molar-refractivity contribution in [1.82, 2.24) is 10.3 Å². The normalized spacial score (nSPS) is 18.9. The number of hydrogen-bond donors (Lipinski definition) is 2. The van der Waals surface area contributed by atoms with Gasteiger partial charge in [-0.2, -0.15) is 0 Å². The Bertz CT molecular complexity index is 1050. The molecule has 1 aromatic heterocycles. The number of nitrogens with zero attached hydrogens (tertiary/aromatic N) is 4. The highest BCUT2D eigenvalue weighted by atomic mass is 35.5. The number of carbonyl (C=O) groups excluding carboxylic acids is 1. The van der Waals surface area contributed by atoms with E-state index < -0.39 is 5.54 Å². The number of amides is 1. The Morgan fingerprint density at radius 2 is 1.97 bits per heavy atom. The zero-order valence-electron chi connectivity index (χ0n) is 17.6. The quantitative estimate of drug-likeness (QED) is 0.699. The van der Waals surface area contributed by atoms with Crippen molar-refractivity contribution in [3.8, 4) is 11.1 Å². The number of aromatic nitrogens is 1. The van der Waals surface area contributed by atoms with Crippen LogP contribution in [-0.2, 0) is 4.79 Å². The van der Waals surface area contributed by atoms with Crippen LogP contribution in [-0.4, -0.2) is 54.8 Å². The Morgan fingerprint density at radius 1 is 1.26 bits per heavy atom. The molecule has 2 aromatic rings. The minimum absolute atomic E-state index is 0.00217. The number of aliphatic imine (C=N–C) groups is 2. The summed E-state index contributed by atoms with van der Waals surface area (Å²) in [6.45, 7) is 3.19. The molecule has 0 saturated carbocycles. The van der Waals surface area contributed by atoms with Crippen LogP contribution in [0.15, 0.2) is 46.6 Å². The third-order valence-corrected chi connectivity index (χ3v) is 6.25. The van der Waals surface area contributed by atoms with E-state index in [1.165, 1.54) is 6.21 Å². The molecule has 2 aliphatic rings. The predicted octanol–water partition coefficient (Wildman–Crippen LogP) is 3.72. The van der Waals surface area contributed by atoms with Crippen LogP contribution in [0.2, 0.25) is 5.02 Å². The number of piperidine rings is 1. The molecular weight excluding hydrogens is 412 g/mol. The van der Waals surface area contributed by atoms with E-state index in [0.29, 0.717) is 36.8 Å². The van der Waals surface area contributed by atoms with Crippen molar-refractivity contribution in [2.75, 3.05) is 25.0 Å². The summed E-state index contributed by atoms with van der Waals surface area (Å²) in [4.78, 5) is 27.6. The van der Waals surface area contributed by atoms with Crippen LogP contribution < -0.4 is 10.2 Å². The maximum atomic E-state index is 12.4. The number of halogens is 1. The van der Waals surface area contributed by atoms with Crippen LogP contribution in [0.3, 0.4) is 0 Å². The number of rotatable bonds is 5. The molecule has 4 rings (SSSR count). The molecule has 160 valence electrons. The SMILES string of the molecule is CN=CC(C=N)c1ccc(-c2cncc(Cl)c2N2CCC3(CC2)N=C(C)NC3=O)cc1. The average molecular weight is 437 g/mol. The van der Waals surface area contributed by atoms with E-state index in [1.807, 2.05) is 37.4 Å². The van der Waals surface area contributed by atoms with Crippen LogP contribution in [0.1, 0.15) is 31.2 Å². The van der Waals surface area contributed by atoms with Gasteiger partial charge in [-0.3, -0.25) is 19.8 Å². The number of amidine groups is 1. The molecule has 7 nitrogen and oxygen atoms in total. The molecular formula is C23H25ClN6O. The molecule has 1 fully saturated rings. The van der Waals surface area contributed by atoms with E-state index in [1.54, 1.807) is 19.5 Å². The van der Waals surface area contributed by atoms with Gasteiger partial charge in [0.15, 0.2) is 0 Å². The Balaban J connectivity index is 1.62. The molecule has 2 aliphatic heterocycles. The van der Waals surface area contributed by atoms with Crippen LogP contribution in [0.25, 0.3) is 11.1 Å². The van der Waals surface area contributed by atoms with Crippen molar-refractivity contribution in [1.29, 1.82) is 5.41 Å². The fourth-order valence-corrected chi connectivity index (χ4v) is 4.63. The van der Waals surface area contributed by atoms with Gasteiger partial charge in [-0.15, -0.1) is 0 Å². The molecule has 1 spiro atoms. The lowest BCUT2D eigenvalue weighted by atomic mass is 9.87. The maximum Gasteiger partial charge on any atom is 0.253 e. The molecule has 8 heteroatoms. The molecule has 3 heterocycles. The molecule has 1 atom stereocenters. The summed E-state index contributed by atoms with van der Waals surface area (Å²) in [5.41, 5.74) is 3.22. The molecule has 1 aromatic carbocycles. The largest absolute Gasteiger partial charge is 0.370 e. The van der Waals surface area contributed by atoms with Gasteiger partial charge in [-0.25, -0.2) is 0 Å². The van der Waals surface area contributed by atoms with Gasteiger partial charge in [0, 0.05) is 50.5 Å². The first kappa shape index (κ1) is 21.2. The first-order chi connectivity index (χ1) is 15.0. The number of pyridine rings is 1. The summed E-state index contributed by atoms with van der Waals surface area (Å²) in [5.74, 6) is 0.547. The van der Waals surface area contributed by atoms with Crippen molar-refractivity contribution in [2.45, 2.75) is 31.2 Å². The van der Waals surface area contributed by atoms with E-state index in [9.17, 15) is 4.79 Å². The van der Waals surface area contributed by atoms with Gasteiger partial charge in [0.05, 0.1) is 16.6 Å². The van der Waals surface area contributed by atoms with Gasteiger partial charge in [0.25, 0.3) is 5.91 Å². The second-order valence-corrected chi connectivity index (χ2v) is 8.32. The number of carbonyl (C=O) groups is 1. The van der Waals surface area contributed by atoms with Gasteiger partial charge < -0.3 is 15.6 Å².